The lowest BCUT2D eigenvalue weighted by molar-refractivity contribution is -0.00173. The van der Waals surface area contributed by atoms with Crippen LogP contribution in [0.1, 0.15) is 37.8 Å². The highest BCUT2D eigenvalue weighted by molar-refractivity contribution is 5.85. The van der Waals surface area contributed by atoms with E-state index in [-0.39, 0.29) is 12.4 Å². The average molecular weight is 304 g/mol. The monoisotopic (exact) mass is 303 g/mol. The number of hydrogen-bond acceptors (Lipinski definition) is 1. The fraction of sp³-hybridized carbons (Fsp3) is 0.579. The van der Waals surface area contributed by atoms with E-state index in [1.807, 2.05) is 0 Å². The van der Waals surface area contributed by atoms with Crippen molar-refractivity contribution in [2.45, 2.75) is 50.6 Å². The predicted molar refractivity (Wildman–Crippen MR) is 91.1 cm³/mol. The van der Waals surface area contributed by atoms with Gasteiger partial charge in [0.15, 0.2) is 0 Å². The van der Waals surface area contributed by atoms with Crippen LogP contribution < -0.4 is 0 Å². The lowest BCUT2D eigenvalue weighted by Gasteiger charge is -2.59. The second kappa shape index (κ2) is 5.14. The average Bonchev–Trinajstić information content (AvgIpc) is 2.51. The van der Waals surface area contributed by atoms with E-state index in [1.54, 1.807) is 11.1 Å². The number of nitrogens with zero attached hydrogens (tertiary/aromatic N) is 1. The number of halogens is 1. The molecule has 0 N–H and O–H groups in total. The minimum Gasteiger partial charge on any atom is -0.300 e. The van der Waals surface area contributed by atoms with Gasteiger partial charge in [0.2, 0.25) is 0 Å². The van der Waals surface area contributed by atoms with Crippen molar-refractivity contribution in [1.82, 2.24) is 4.90 Å². The number of piperidine rings is 1. The number of fused-ring (bicyclic) bond motifs is 3. The van der Waals surface area contributed by atoms with E-state index in [1.165, 1.54) is 19.3 Å². The summed E-state index contributed by atoms with van der Waals surface area (Å²) in [7, 11) is 2.35. The summed E-state index contributed by atoms with van der Waals surface area (Å²) in [4.78, 5) is 2.67. The number of allylic oxidation sites excluding steroid dienone is 1. The fourth-order valence-electron chi connectivity index (χ4n) is 5.27. The van der Waals surface area contributed by atoms with Gasteiger partial charge < -0.3 is 0 Å². The van der Waals surface area contributed by atoms with Gasteiger partial charge in [0, 0.05) is 17.5 Å². The molecular weight excluding hydrogens is 278 g/mol. The molecule has 21 heavy (non-hydrogen) atoms. The first-order chi connectivity index (χ1) is 9.67. The van der Waals surface area contributed by atoms with Crippen LogP contribution in [-0.2, 0) is 11.8 Å². The van der Waals surface area contributed by atoms with Gasteiger partial charge in [0.25, 0.3) is 0 Å². The molecule has 0 radical (unpaired) electrons. The van der Waals surface area contributed by atoms with E-state index in [0.29, 0.717) is 11.5 Å². The summed E-state index contributed by atoms with van der Waals surface area (Å²) in [6, 6.07) is 10.6. The molecule has 1 heterocycles. The van der Waals surface area contributed by atoms with Crippen molar-refractivity contribution in [2.75, 3.05) is 7.05 Å². The Hall–Kier alpha value is -0.790. The maximum Gasteiger partial charge on any atom is 0.0176 e. The van der Waals surface area contributed by atoms with E-state index in [0.717, 1.165) is 17.9 Å². The summed E-state index contributed by atoms with van der Waals surface area (Å²) in [6.45, 7) is 4.78. The predicted octanol–water partition coefficient (Wildman–Crippen LogP) is 4.21. The van der Waals surface area contributed by atoms with Crippen LogP contribution >= 0.6 is 12.4 Å². The number of likely N-dealkylation sites (N-methyl/N-ethyl adjacent to an activating group) is 1. The van der Waals surface area contributed by atoms with Crippen LogP contribution in [0.4, 0.5) is 0 Å². The zero-order chi connectivity index (χ0) is 13.9. The maximum atomic E-state index is 2.67. The molecule has 1 aromatic carbocycles. The maximum absolute atomic E-state index is 2.67. The standard InChI is InChI=1S/C19H25N.ClH/c1-4-19-10-9-14-11-17(19)18(20(3)13(14)2)12-15-7-5-6-8-16(15)19;/h5-10,13-14,17-18H,4,11-12H2,1-3H3;1H. The Morgan fingerprint density at radius 3 is 2.81 bits per heavy atom. The van der Waals surface area contributed by atoms with Crippen molar-refractivity contribution in [1.29, 1.82) is 0 Å². The van der Waals surface area contributed by atoms with Gasteiger partial charge in [-0.2, -0.15) is 0 Å². The molecule has 5 atom stereocenters. The van der Waals surface area contributed by atoms with E-state index in [9.17, 15) is 0 Å². The first-order valence-electron chi connectivity index (χ1n) is 8.17. The molecule has 2 heteroatoms. The molecule has 1 saturated heterocycles. The molecule has 114 valence electrons. The largest absolute Gasteiger partial charge is 0.300 e. The Bertz CT molecular complexity index is 566. The van der Waals surface area contributed by atoms with Crippen molar-refractivity contribution in [3.05, 3.63) is 47.5 Å². The minimum atomic E-state index is 0. The summed E-state index contributed by atoms with van der Waals surface area (Å²) in [5.41, 5.74) is 3.49. The highest BCUT2D eigenvalue weighted by Gasteiger charge is 2.53. The molecule has 1 aliphatic heterocycles. The zero-order valence-corrected chi connectivity index (χ0v) is 14.1. The summed E-state index contributed by atoms with van der Waals surface area (Å²) >= 11 is 0. The normalized spacial score (nSPS) is 40.3. The molecule has 1 aromatic rings. The summed E-state index contributed by atoms with van der Waals surface area (Å²) < 4.78 is 0. The van der Waals surface area contributed by atoms with Crippen LogP contribution in [0.5, 0.6) is 0 Å². The molecule has 2 bridgehead atoms. The van der Waals surface area contributed by atoms with E-state index in [2.05, 4.69) is 62.2 Å². The quantitative estimate of drug-likeness (QED) is 0.703. The SMILES string of the molecule is CCC12C=CC3CC1C(Cc1ccccc12)N(C)C3C.Cl. The Morgan fingerprint density at radius 2 is 2.05 bits per heavy atom. The molecule has 0 spiro atoms. The Kier molecular flexibility index (Phi) is 3.70. The molecule has 0 aromatic heterocycles. The molecule has 0 saturated carbocycles. The highest BCUT2D eigenvalue weighted by Crippen LogP contribution is 2.54. The lowest BCUT2D eigenvalue weighted by Crippen LogP contribution is -2.61. The smallest absolute Gasteiger partial charge is 0.0176 e. The molecule has 1 fully saturated rings. The summed E-state index contributed by atoms with van der Waals surface area (Å²) in [6.07, 6.45) is 8.97. The number of hydrogen-bond donors (Lipinski definition) is 0. The van der Waals surface area contributed by atoms with Crippen molar-refractivity contribution in [3.8, 4) is 0 Å². The van der Waals surface area contributed by atoms with Gasteiger partial charge in [-0.05, 0) is 56.2 Å². The third-order valence-electron chi connectivity index (χ3n) is 6.61. The van der Waals surface area contributed by atoms with Crippen LogP contribution in [0.25, 0.3) is 0 Å². The van der Waals surface area contributed by atoms with Crippen molar-refractivity contribution in [2.24, 2.45) is 11.8 Å². The van der Waals surface area contributed by atoms with Crippen LogP contribution in [0, 0.1) is 11.8 Å². The van der Waals surface area contributed by atoms with Gasteiger partial charge >= 0.3 is 0 Å². The van der Waals surface area contributed by atoms with E-state index < -0.39 is 0 Å². The Labute approximate surface area is 134 Å². The molecular formula is C19H26ClN. The van der Waals surface area contributed by atoms with Gasteiger partial charge in [-0.3, -0.25) is 4.90 Å². The third-order valence-corrected chi connectivity index (χ3v) is 6.61. The number of rotatable bonds is 1. The third kappa shape index (κ3) is 1.87. The number of benzene rings is 1. The highest BCUT2D eigenvalue weighted by atomic mass is 35.5. The first kappa shape index (κ1) is 15.1. The van der Waals surface area contributed by atoms with E-state index in [4.69, 9.17) is 0 Å². The Balaban J connectivity index is 0.00000132. The lowest BCUT2D eigenvalue weighted by atomic mass is 9.53. The van der Waals surface area contributed by atoms with Gasteiger partial charge in [-0.25, -0.2) is 0 Å². The van der Waals surface area contributed by atoms with Gasteiger partial charge in [-0.15, -0.1) is 12.4 Å². The zero-order valence-electron chi connectivity index (χ0n) is 13.3. The molecule has 2 aliphatic carbocycles. The van der Waals surface area contributed by atoms with Crippen LogP contribution in [0.3, 0.4) is 0 Å². The van der Waals surface area contributed by atoms with Crippen molar-refractivity contribution < 1.29 is 0 Å². The van der Waals surface area contributed by atoms with Gasteiger partial charge in [0.05, 0.1) is 0 Å². The summed E-state index contributed by atoms with van der Waals surface area (Å²) in [5, 5.41) is 0. The molecule has 3 aliphatic rings. The minimum absolute atomic E-state index is 0. The van der Waals surface area contributed by atoms with Crippen LogP contribution in [0.15, 0.2) is 36.4 Å². The molecule has 0 amide bonds. The topological polar surface area (TPSA) is 3.24 Å². The molecule has 4 rings (SSSR count). The molecule has 1 nitrogen and oxygen atoms in total. The van der Waals surface area contributed by atoms with Crippen LogP contribution in [0.2, 0.25) is 0 Å². The number of likely N-dealkylation sites (tertiary alicyclic amines) is 1. The van der Waals surface area contributed by atoms with Gasteiger partial charge in [-0.1, -0.05) is 43.3 Å². The van der Waals surface area contributed by atoms with E-state index >= 15 is 0 Å². The molecule has 5 unspecified atom stereocenters. The first-order valence-corrected chi connectivity index (χ1v) is 8.17. The second-order valence-corrected chi connectivity index (χ2v) is 7.09. The van der Waals surface area contributed by atoms with Crippen molar-refractivity contribution >= 4 is 12.4 Å². The van der Waals surface area contributed by atoms with Gasteiger partial charge in [0.1, 0.15) is 0 Å². The second-order valence-electron chi connectivity index (χ2n) is 7.09. The summed E-state index contributed by atoms with van der Waals surface area (Å²) in [5.74, 6) is 1.56. The van der Waals surface area contributed by atoms with Crippen LogP contribution in [-0.4, -0.2) is 24.0 Å². The fourth-order valence-corrected chi connectivity index (χ4v) is 5.27. The Morgan fingerprint density at radius 1 is 1.29 bits per heavy atom. The van der Waals surface area contributed by atoms with Crippen molar-refractivity contribution in [3.63, 3.8) is 0 Å².